The molecule has 0 aliphatic heterocycles. The van der Waals surface area contributed by atoms with Crippen LogP contribution in [0.25, 0.3) is 0 Å². The van der Waals surface area contributed by atoms with Crippen LogP contribution in [0.3, 0.4) is 0 Å². The second kappa shape index (κ2) is 5.79. The summed E-state index contributed by atoms with van der Waals surface area (Å²) < 4.78 is 0. The number of aryl methyl sites for hydroxylation is 2. The van der Waals surface area contributed by atoms with Crippen molar-refractivity contribution < 1.29 is 4.79 Å². The Morgan fingerprint density at radius 2 is 1.94 bits per heavy atom. The van der Waals surface area contributed by atoms with Crippen LogP contribution in [0.1, 0.15) is 37.0 Å². The van der Waals surface area contributed by atoms with Crippen LogP contribution in [-0.2, 0) is 10.2 Å². The molecule has 0 radical (unpaired) electrons. The van der Waals surface area contributed by atoms with Crippen LogP contribution in [0.2, 0.25) is 0 Å². The van der Waals surface area contributed by atoms with E-state index in [0.29, 0.717) is 6.42 Å². The zero-order valence-corrected chi connectivity index (χ0v) is 13.0. The molecule has 1 amide bonds. The Hall–Kier alpha value is -0.960. The molecular formula is C15H23NOS. The third-order valence-electron chi connectivity index (χ3n) is 3.22. The number of nitrogens with one attached hydrogen (secondary N) is 1. The lowest BCUT2D eigenvalue weighted by Gasteiger charge is -2.29. The Balaban J connectivity index is 3.26. The SMILES string of the molecule is CNC(=O)CC(C)(C)c1c(C)cc(C)cc1SC. The standard InChI is InChI=1S/C15H23NOS/c1-10-7-11(2)14(12(8-10)18-6)15(3,4)9-13(17)16-5/h7-8H,9H2,1-6H3,(H,16,17). The molecule has 0 fully saturated rings. The van der Waals surface area contributed by atoms with E-state index in [1.165, 1.54) is 21.6 Å². The molecule has 1 rings (SSSR count). The fourth-order valence-electron chi connectivity index (χ4n) is 2.54. The minimum atomic E-state index is -0.143. The van der Waals surface area contributed by atoms with E-state index in [1.54, 1.807) is 18.8 Å². The van der Waals surface area contributed by atoms with Crippen molar-refractivity contribution in [2.45, 2.75) is 44.4 Å². The van der Waals surface area contributed by atoms with Crippen LogP contribution in [0.15, 0.2) is 17.0 Å². The Bertz CT molecular complexity index is 452. The molecule has 0 bridgehead atoms. The van der Waals surface area contributed by atoms with Gasteiger partial charge in [-0.15, -0.1) is 11.8 Å². The minimum Gasteiger partial charge on any atom is -0.359 e. The average Bonchev–Trinajstić information content (AvgIpc) is 2.26. The van der Waals surface area contributed by atoms with E-state index >= 15 is 0 Å². The van der Waals surface area contributed by atoms with Gasteiger partial charge in [0.2, 0.25) is 5.91 Å². The Labute approximate surface area is 115 Å². The maximum Gasteiger partial charge on any atom is 0.220 e. The Kier molecular flexibility index (Phi) is 4.85. The molecule has 0 saturated heterocycles. The summed E-state index contributed by atoms with van der Waals surface area (Å²) in [6.45, 7) is 8.52. The van der Waals surface area contributed by atoms with E-state index in [0.717, 1.165) is 0 Å². The maximum absolute atomic E-state index is 11.7. The number of benzene rings is 1. The second-order valence-corrected chi connectivity index (χ2v) is 6.24. The summed E-state index contributed by atoms with van der Waals surface area (Å²) in [6.07, 6.45) is 2.61. The van der Waals surface area contributed by atoms with Crippen molar-refractivity contribution in [1.29, 1.82) is 0 Å². The third kappa shape index (κ3) is 3.29. The van der Waals surface area contributed by atoms with Crippen LogP contribution in [0, 0.1) is 13.8 Å². The van der Waals surface area contributed by atoms with Crippen molar-refractivity contribution >= 4 is 17.7 Å². The molecule has 0 saturated carbocycles. The van der Waals surface area contributed by atoms with Crippen molar-refractivity contribution in [1.82, 2.24) is 5.32 Å². The highest BCUT2D eigenvalue weighted by atomic mass is 32.2. The van der Waals surface area contributed by atoms with Gasteiger partial charge in [-0.05, 0) is 48.3 Å². The van der Waals surface area contributed by atoms with Gasteiger partial charge in [-0.25, -0.2) is 0 Å². The number of hydrogen-bond donors (Lipinski definition) is 1. The molecule has 0 aliphatic carbocycles. The number of amides is 1. The van der Waals surface area contributed by atoms with E-state index in [-0.39, 0.29) is 11.3 Å². The number of carbonyl (C=O) groups is 1. The van der Waals surface area contributed by atoms with E-state index in [4.69, 9.17) is 0 Å². The van der Waals surface area contributed by atoms with Crippen LogP contribution in [0.5, 0.6) is 0 Å². The molecule has 0 atom stereocenters. The zero-order chi connectivity index (χ0) is 13.9. The van der Waals surface area contributed by atoms with Crippen molar-refractivity contribution in [2.24, 2.45) is 0 Å². The topological polar surface area (TPSA) is 29.1 Å². The average molecular weight is 265 g/mol. The van der Waals surface area contributed by atoms with Gasteiger partial charge >= 0.3 is 0 Å². The van der Waals surface area contributed by atoms with Crippen molar-refractivity contribution in [3.05, 3.63) is 28.8 Å². The van der Waals surface area contributed by atoms with Gasteiger partial charge in [0.05, 0.1) is 0 Å². The molecule has 0 aromatic heterocycles. The lowest BCUT2D eigenvalue weighted by molar-refractivity contribution is -0.121. The van der Waals surface area contributed by atoms with E-state index in [1.807, 2.05) is 0 Å². The molecule has 2 nitrogen and oxygen atoms in total. The number of rotatable bonds is 4. The molecule has 0 heterocycles. The predicted molar refractivity (Wildman–Crippen MR) is 79.4 cm³/mol. The van der Waals surface area contributed by atoms with Crippen LogP contribution < -0.4 is 5.32 Å². The predicted octanol–water partition coefficient (Wildman–Crippen LogP) is 3.44. The largest absolute Gasteiger partial charge is 0.359 e. The molecule has 100 valence electrons. The molecule has 18 heavy (non-hydrogen) atoms. The molecule has 1 aromatic rings. The van der Waals surface area contributed by atoms with Gasteiger partial charge in [0.15, 0.2) is 0 Å². The van der Waals surface area contributed by atoms with E-state index < -0.39 is 0 Å². The third-order valence-corrected chi connectivity index (χ3v) is 3.98. The lowest BCUT2D eigenvalue weighted by Crippen LogP contribution is -2.29. The number of thioether (sulfide) groups is 1. The van der Waals surface area contributed by atoms with Crippen LogP contribution in [0.4, 0.5) is 0 Å². The summed E-state index contributed by atoms with van der Waals surface area (Å²) >= 11 is 1.75. The van der Waals surface area contributed by atoms with Crippen molar-refractivity contribution in [3.8, 4) is 0 Å². The monoisotopic (exact) mass is 265 g/mol. The van der Waals surface area contributed by atoms with Gasteiger partial charge < -0.3 is 5.32 Å². The summed E-state index contributed by atoms with van der Waals surface area (Å²) in [5, 5.41) is 2.71. The van der Waals surface area contributed by atoms with Gasteiger partial charge in [-0.2, -0.15) is 0 Å². The molecule has 0 spiro atoms. The van der Waals surface area contributed by atoms with E-state index in [2.05, 4.69) is 51.4 Å². The molecular weight excluding hydrogens is 242 g/mol. The first-order chi connectivity index (χ1) is 8.31. The zero-order valence-electron chi connectivity index (χ0n) is 12.2. The highest BCUT2D eigenvalue weighted by Gasteiger charge is 2.28. The first kappa shape index (κ1) is 15.1. The number of hydrogen-bond acceptors (Lipinski definition) is 2. The summed E-state index contributed by atoms with van der Waals surface area (Å²) in [5.41, 5.74) is 3.70. The van der Waals surface area contributed by atoms with Crippen LogP contribution >= 0.6 is 11.8 Å². The first-order valence-corrected chi connectivity index (χ1v) is 7.40. The Morgan fingerprint density at radius 3 is 2.44 bits per heavy atom. The normalized spacial score (nSPS) is 11.4. The quantitative estimate of drug-likeness (QED) is 0.845. The highest BCUT2D eigenvalue weighted by Crippen LogP contribution is 2.37. The summed E-state index contributed by atoms with van der Waals surface area (Å²) in [7, 11) is 1.69. The van der Waals surface area contributed by atoms with Crippen molar-refractivity contribution in [2.75, 3.05) is 13.3 Å². The van der Waals surface area contributed by atoms with Gasteiger partial charge in [0, 0.05) is 18.4 Å². The van der Waals surface area contributed by atoms with Crippen LogP contribution in [-0.4, -0.2) is 19.2 Å². The maximum atomic E-state index is 11.7. The van der Waals surface area contributed by atoms with Gasteiger partial charge in [0.25, 0.3) is 0 Å². The summed E-state index contributed by atoms with van der Waals surface area (Å²) in [5.74, 6) is 0.0898. The highest BCUT2D eigenvalue weighted by molar-refractivity contribution is 7.98. The van der Waals surface area contributed by atoms with Gasteiger partial charge in [0.1, 0.15) is 0 Å². The summed E-state index contributed by atoms with van der Waals surface area (Å²) in [4.78, 5) is 12.9. The second-order valence-electron chi connectivity index (χ2n) is 5.39. The smallest absolute Gasteiger partial charge is 0.220 e. The van der Waals surface area contributed by atoms with Gasteiger partial charge in [-0.3, -0.25) is 4.79 Å². The van der Waals surface area contributed by atoms with E-state index in [9.17, 15) is 4.79 Å². The first-order valence-electron chi connectivity index (χ1n) is 6.18. The minimum absolute atomic E-state index is 0.0898. The lowest BCUT2D eigenvalue weighted by atomic mass is 9.78. The Morgan fingerprint density at radius 1 is 1.33 bits per heavy atom. The molecule has 0 unspecified atom stereocenters. The molecule has 0 aliphatic rings. The molecule has 1 aromatic carbocycles. The molecule has 1 N–H and O–H groups in total. The number of carbonyl (C=O) groups excluding carboxylic acids is 1. The molecule has 3 heteroatoms. The fourth-order valence-corrected chi connectivity index (χ4v) is 3.48. The van der Waals surface area contributed by atoms with Crippen molar-refractivity contribution in [3.63, 3.8) is 0 Å². The fraction of sp³-hybridized carbons (Fsp3) is 0.533. The summed E-state index contributed by atoms with van der Waals surface area (Å²) in [6, 6.07) is 4.40. The van der Waals surface area contributed by atoms with Gasteiger partial charge in [-0.1, -0.05) is 19.9 Å².